The summed E-state index contributed by atoms with van der Waals surface area (Å²) in [6, 6.07) is 5.40. The van der Waals surface area contributed by atoms with E-state index in [1.165, 1.54) is 45.6 Å². The summed E-state index contributed by atoms with van der Waals surface area (Å²) in [7, 11) is -2.16. The maximum atomic E-state index is 13.2. The molecule has 0 spiro atoms. The van der Waals surface area contributed by atoms with E-state index >= 15 is 0 Å². The van der Waals surface area contributed by atoms with Crippen LogP contribution in [0.2, 0.25) is 0 Å². The average molecular weight is 478 g/mol. The summed E-state index contributed by atoms with van der Waals surface area (Å²) < 4.78 is 34.7. The fraction of sp³-hybridized carbons (Fsp3) is 0.625. The molecule has 4 rings (SSSR count). The van der Waals surface area contributed by atoms with E-state index < -0.39 is 10.0 Å². The second kappa shape index (κ2) is 10.5. The Kier molecular flexibility index (Phi) is 7.74. The molecule has 6 nitrogen and oxygen atoms in total. The summed E-state index contributed by atoms with van der Waals surface area (Å²) in [4.78, 5) is 5.91. The largest absolute Gasteiger partial charge is 0.495 e. The summed E-state index contributed by atoms with van der Waals surface area (Å²) in [5, 5.41) is 4.43. The van der Waals surface area contributed by atoms with E-state index in [4.69, 9.17) is 9.72 Å². The number of ether oxygens (including phenoxy) is 1. The molecule has 0 bridgehead atoms. The normalized spacial score (nSPS) is 18.6. The minimum atomic E-state index is -3.67. The zero-order valence-electron chi connectivity index (χ0n) is 19.2. The van der Waals surface area contributed by atoms with Gasteiger partial charge in [-0.25, -0.2) is 18.1 Å². The van der Waals surface area contributed by atoms with Crippen molar-refractivity contribution in [3.8, 4) is 16.2 Å². The maximum absolute atomic E-state index is 13.2. The first kappa shape index (κ1) is 23.5. The highest BCUT2D eigenvalue weighted by molar-refractivity contribution is 7.89. The third-order valence-electron chi connectivity index (χ3n) is 6.71. The molecule has 1 aromatic carbocycles. The van der Waals surface area contributed by atoms with Crippen LogP contribution < -0.4 is 14.8 Å². The van der Waals surface area contributed by atoms with Gasteiger partial charge >= 0.3 is 0 Å². The van der Waals surface area contributed by atoms with Gasteiger partial charge in [-0.05, 0) is 62.3 Å². The van der Waals surface area contributed by atoms with Crippen molar-refractivity contribution in [2.75, 3.05) is 19.0 Å². The minimum absolute atomic E-state index is 0.00263. The Hall–Kier alpha value is -1.64. The van der Waals surface area contributed by atoms with E-state index in [9.17, 15) is 8.42 Å². The molecule has 32 heavy (non-hydrogen) atoms. The molecule has 0 unspecified atom stereocenters. The van der Waals surface area contributed by atoms with Crippen LogP contribution in [0.25, 0.3) is 10.4 Å². The number of aromatic nitrogens is 1. The summed E-state index contributed by atoms with van der Waals surface area (Å²) in [6.07, 6.45) is 11.7. The molecule has 2 fully saturated rings. The zero-order chi connectivity index (χ0) is 22.6. The molecule has 0 atom stereocenters. The molecule has 2 saturated carbocycles. The van der Waals surface area contributed by atoms with Gasteiger partial charge < -0.3 is 10.1 Å². The van der Waals surface area contributed by atoms with Crippen molar-refractivity contribution in [2.24, 2.45) is 5.92 Å². The number of nitrogens with one attached hydrogen (secondary N) is 2. The Morgan fingerprint density at radius 3 is 2.44 bits per heavy atom. The molecule has 0 aliphatic heterocycles. The number of aryl methyl sites for hydroxylation is 1. The number of nitrogens with zero attached hydrogens (tertiary/aromatic N) is 1. The van der Waals surface area contributed by atoms with Crippen molar-refractivity contribution in [3.05, 3.63) is 23.9 Å². The van der Waals surface area contributed by atoms with Gasteiger partial charge in [-0.1, -0.05) is 49.9 Å². The Bertz CT molecular complexity index is 1010. The van der Waals surface area contributed by atoms with E-state index in [2.05, 4.69) is 10.0 Å². The number of hydrogen-bond donors (Lipinski definition) is 2. The average Bonchev–Trinajstić information content (AvgIpc) is 3.19. The van der Waals surface area contributed by atoms with E-state index in [1.54, 1.807) is 23.5 Å². The van der Waals surface area contributed by atoms with Crippen molar-refractivity contribution in [2.45, 2.75) is 82.1 Å². The smallest absolute Gasteiger partial charge is 0.244 e. The van der Waals surface area contributed by atoms with Crippen LogP contribution in [-0.4, -0.2) is 33.1 Å². The van der Waals surface area contributed by atoms with Crippen LogP contribution in [0.5, 0.6) is 5.75 Å². The molecular formula is C24H35N3O3S2. The second-order valence-electron chi connectivity index (χ2n) is 9.14. The lowest BCUT2D eigenvalue weighted by molar-refractivity contribution is 0.373. The van der Waals surface area contributed by atoms with Crippen LogP contribution in [0.3, 0.4) is 0 Å². The number of methoxy groups -OCH3 is 1. The Morgan fingerprint density at radius 2 is 1.75 bits per heavy atom. The summed E-state index contributed by atoms with van der Waals surface area (Å²) in [5.41, 5.74) is 1.77. The number of rotatable bonds is 8. The Labute approximate surface area is 196 Å². The highest BCUT2D eigenvalue weighted by atomic mass is 32.2. The van der Waals surface area contributed by atoms with Crippen molar-refractivity contribution in [1.82, 2.24) is 9.71 Å². The van der Waals surface area contributed by atoms with Gasteiger partial charge in [0.1, 0.15) is 10.6 Å². The van der Waals surface area contributed by atoms with Gasteiger partial charge in [-0.3, -0.25) is 0 Å². The molecule has 8 heteroatoms. The highest BCUT2D eigenvalue weighted by Crippen LogP contribution is 2.37. The van der Waals surface area contributed by atoms with Gasteiger partial charge in [0.15, 0.2) is 5.13 Å². The first-order valence-electron chi connectivity index (χ1n) is 11.9. The molecule has 2 aromatic rings. The van der Waals surface area contributed by atoms with Crippen molar-refractivity contribution in [3.63, 3.8) is 0 Å². The van der Waals surface area contributed by atoms with Gasteiger partial charge in [-0.15, -0.1) is 0 Å². The lowest BCUT2D eigenvalue weighted by Gasteiger charge is -2.23. The summed E-state index contributed by atoms with van der Waals surface area (Å²) >= 11 is 1.59. The van der Waals surface area contributed by atoms with E-state index in [-0.39, 0.29) is 10.9 Å². The molecule has 2 aliphatic rings. The van der Waals surface area contributed by atoms with Gasteiger partial charge in [0, 0.05) is 12.6 Å². The van der Waals surface area contributed by atoms with E-state index in [1.807, 2.05) is 13.0 Å². The number of hydrogen-bond acceptors (Lipinski definition) is 6. The maximum Gasteiger partial charge on any atom is 0.244 e. The third kappa shape index (κ3) is 5.64. The fourth-order valence-electron chi connectivity index (χ4n) is 4.89. The van der Waals surface area contributed by atoms with Crippen molar-refractivity contribution >= 4 is 26.5 Å². The van der Waals surface area contributed by atoms with Crippen LogP contribution in [0.1, 0.15) is 69.9 Å². The number of sulfonamides is 1. The predicted molar refractivity (Wildman–Crippen MR) is 131 cm³/mol. The van der Waals surface area contributed by atoms with E-state index in [0.717, 1.165) is 59.4 Å². The van der Waals surface area contributed by atoms with Crippen molar-refractivity contribution in [1.29, 1.82) is 0 Å². The molecule has 0 radical (unpaired) electrons. The molecular weight excluding hydrogens is 442 g/mol. The van der Waals surface area contributed by atoms with E-state index in [0.29, 0.717) is 5.75 Å². The Balaban J connectivity index is 1.54. The predicted octanol–water partition coefficient (Wildman–Crippen LogP) is 5.73. The number of thiazole rings is 1. The summed E-state index contributed by atoms with van der Waals surface area (Å²) in [6.45, 7) is 2.94. The standard InChI is InChI=1S/C24H35N3O3S2/c1-17-23(31-24(26-17)25-16-18-9-5-3-6-10-18)19-13-14-21(30-2)22(15-19)32(28,29)27-20-11-7-4-8-12-20/h13-15,18,20,27H,3-12,16H2,1-2H3,(H,25,26). The number of anilines is 1. The lowest BCUT2D eigenvalue weighted by atomic mass is 9.89. The molecule has 1 heterocycles. The van der Waals surface area contributed by atoms with Crippen LogP contribution in [0.15, 0.2) is 23.1 Å². The van der Waals surface area contributed by atoms with Gasteiger partial charge in [0.05, 0.1) is 17.7 Å². The van der Waals surface area contributed by atoms with Crippen LogP contribution >= 0.6 is 11.3 Å². The molecule has 176 valence electrons. The van der Waals surface area contributed by atoms with Crippen LogP contribution in [0, 0.1) is 12.8 Å². The molecule has 2 N–H and O–H groups in total. The minimum Gasteiger partial charge on any atom is -0.495 e. The van der Waals surface area contributed by atoms with Crippen LogP contribution in [-0.2, 0) is 10.0 Å². The molecule has 0 amide bonds. The quantitative estimate of drug-likeness (QED) is 0.507. The van der Waals surface area contributed by atoms with Crippen molar-refractivity contribution < 1.29 is 13.2 Å². The van der Waals surface area contributed by atoms with Gasteiger partial charge in [0.25, 0.3) is 0 Å². The Morgan fingerprint density at radius 1 is 1.06 bits per heavy atom. The highest BCUT2D eigenvalue weighted by Gasteiger charge is 2.26. The lowest BCUT2D eigenvalue weighted by Crippen LogP contribution is -2.36. The second-order valence-corrected chi connectivity index (χ2v) is 11.8. The number of benzene rings is 1. The third-order valence-corrected chi connectivity index (χ3v) is 9.41. The zero-order valence-corrected chi connectivity index (χ0v) is 20.8. The van der Waals surface area contributed by atoms with Crippen LogP contribution in [0.4, 0.5) is 5.13 Å². The van der Waals surface area contributed by atoms with Gasteiger partial charge in [-0.2, -0.15) is 0 Å². The topological polar surface area (TPSA) is 80.3 Å². The molecule has 2 aliphatic carbocycles. The first-order chi connectivity index (χ1) is 15.5. The molecule has 0 saturated heterocycles. The first-order valence-corrected chi connectivity index (χ1v) is 14.2. The SMILES string of the molecule is COc1ccc(-c2sc(NCC3CCCCC3)nc2C)cc1S(=O)(=O)NC1CCCCC1. The fourth-order valence-corrected chi connectivity index (χ4v) is 7.36. The monoisotopic (exact) mass is 477 g/mol. The summed E-state index contributed by atoms with van der Waals surface area (Å²) in [5.74, 6) is 1.09. The van der Waals surface area contributed by atoms with Gasteiger partial charge in [0.2, 0.25) is 10.0 Å². The molecule has 1 aromatic heterocycles.